The average Bonchev–Trinajstić information content (AvgIpc) is 2.47. The Bertz CT molecular complexity index is 433. The van der Waals surface area contributed by atoms with Gasteiger partial charge in [-0.1, -0.05) is 37.6 Å². The molecule has 1 aromatic rings. The van der Waals surface area contributed by atoms with Crippen LogP contribution in [0.25, 0.3) is 0 Å². The summed E-state index contributed by atoms with van der Waals surface area (Å²) in [5.74, 6) is 0.852. The van der Waals surface area contributed by atoms with Crippen LogP contribution in [-0.2, 0) is 0 Å². The van der Waals surface area contributed by atoms with Gasteiger partial charge in [-0.2, -0.15) is 0 Å². The third-order valence-electron chi connectivity index (χ3n) is 5.18. The Kier molecular flexibility index (Phi) is 5.70. The molecule has 1 N–H and O–H groups in total. The third-order valence-corrected chi connectivity index (χ3v) is 5.43. The number of likely N-dealkylation sites (N-methyl/N-ethyl adjacent to an activating group) is 2. The maximum absolute atomic E-state index is 6.06. The van der Waals surface area contributed by atoms with Crippen molar-refractivity contribution in [2.75, 3.05) is 20.6 Å². The van der Waals surface area contributed by atoms with Crippen molar-refractivity contribution < 1.29 is 0 Å². The van der Waals surface area contributed by atoms with E-state index >= 15 is 0 Å². The van der Waals surface area contributed by atoms with Crippen molar-refractivity contribution >= 4 is 11.6 Å². The van der Waals surface area contributed by atoms with Crippen molar-refractivity contribution in [1.29, 1.82) is 0 Å². The van der Waals surface area contributed by atoms with E-state index in [1.807, 2.05) is 12.1 Å². The summed E-state index contributed by atoms with van der Waals surface area (Å²) in [7, 11) is 4.46. The fourth-order valence-electron chi connectivity index (χ4n) is 3.73. The smallest absolute Gasteiger partial charge is 0.0506 e. The minimum atomic E-state index is 0.205. The third kappa shape index (κ3) is 3.61. The first-order chi connectivity index (χ1) is 9.99. The van der Waals surface area contributed by atoms with Gasteiger partial charge in [0.15, 0.2) is 0 Å². The molecule has 0 amide bonds. The highest BCUT2D eigenvalue weighted by molar-refractivity contribution is 6.30. The van der Waals surface area contributed by atoms with E-state index in [4.69, 9.17) is 11.6 Å². The first-order valence-electron chi connectivity index (χ1n) is 8.16. The maximum Gasteiger partial charge on any atom is 0.0506 e. The lowest BCUT2D eigenvalue weighted by Gasteiger charge is -2.50. The molecule has 0 aromatic heterocycles. The molecule has 1 unspecified atom stereocenters. The lowest BCUT2D eigenvalue weighted by atomic mass is 9.70. The Morgan fingerprint density at radius 1 is 1.24 bits per heavy atom. The molecule has 0 radical (unpaired) electrons. The Morgan fingerprint density at radius 2 is 1.81 bits per heavy atom. The number of halogens is 1. The second kappa shape index (κ2) is 7.13. The van der Waals surface area contributed by atoms with Crippen LogP contribution < -0.4 is 5.32 Å². The summed E-state index contributed by atoms with van der Waals surface area (Å²) in [4.78, 5) is 2.45. The predicted octanol–water partition coefficient (Wildman–Crippen LogP) is 4.50. The first kappa shape index (κ1) is 16.8. The molecule has 0 heterocycles. The number of nitrogens with zero attached hydrogens (tertiary/aromatic N) is 1. The summed E-state index contributed by atoms with van der Waals surface area (Å²) < 4.78 is 0. The minimum Gasteiger partial charge on any atom is -0.309 e. The van der Waals surface area contributed by atoms with Crippen molar-refractivity contribution in [1.82, 2.24) is 10.2 Å². The Morgan fingerprint density at radius 3 is 2.29 bits per heavy atom. The van der Waals surface area contributed by atoms with E-state index in [0.717, 1.165) is 17.5 Å². The van der Waals surface area contributed by atoms with E-state index in [-0.39, 0.29) is 5.54 Å². The molecule has 0 saturated heterocycles. The molecule has 1 fully saturated rings. The first-order valence-corrected chi connectivity index (χ1v) is 8.53. The molecule has 2 rings (SSSR count). The summed E-state index contributed by atoms with van der Waals surface area (Å²) >= 11 is 6.06. The molecule has 0 aliphatic heterocycles. The fourth-order valence-corrected chi connectivity index (χ4v) is 3.86. The van der Waals surface area contributed by atoms with Crippen molar-refractivity contribution in [2.45, 2.75) is 51.1 Å². The number of nitrogens with one attached hydrogen (secondary N) is 1. The highest BCUT2D eigenvalue weighted by atomic mass is 35.5. The van der Waals surface area contributed by atoms with E-state index in [9.17, 15) is 0 Å². The highest BCUT2D eigenvalue weighted by Crippen LogP contribution is 2.43. The Balaban J connectivity index is 2.35. The molecule has 1 saturated carbocycles. The van der Waals surface area contributed by atoms with Crippen LogP contribution >= 0.6 is 11.6 Å². The molecule has 0 bridgehead atoms. The SMILES string of the molecule is CCNC(c1ccc(Cl)cc1)C1(N(C)C)CCC(C)CC1. The summed E-state index contributed by atoms with van der Waals surface area (Å²) in [6.45, 7) is 5.56. The van der Waals surface area contributed by atoms with Gasteiger partial charge in [0, 0.05) is 10.6 Å². The minimum absolute atomic E-state index is 0.205. The van der Waals surface area contributed by atoms with Gasteiger partial charge in [0.1, 0.15) is 0 Å². The summed E-state index contributed by atoms with van der Waals surface area (Å²) in [6.07, 6.45) is 5.13. The van der Waals surface area contributed by atoms with Gasteiger partial charge in [-0.25, -0.2) is 0 Å². The van der Waals surface area contributed by atoms with Gasteiger partial charge in [-0.05, 0) is 69.9 Å². The summed E-state index contributed by atoms with van der Waals surface area (Å²) in [5, 5.41) is 4.55. The van der Waals surface area contributed by atoms with Gasteiger partial charge in [0.05, 0.1) is 6.04 Å². The fraction of sp³-hybridized carbons (Fsp3) is 0.667. The monoisotopic (exact) mass is 308 g/mol. The second-order valence-corrected chi connectivity index (χ2v) is 7.16. The van der Waals surface area contributed by atoms with Crippen LogP contribution in [0.15, 0.2) is 24.3 Å². The van der Waals surface area contributed by atoms with Crippen LogP contribution in [0.4, 0.5) is 0 Å². The molecular formula is C18H29ClN2. The van der Waals surface area contributed by atoms with Crippen LogP contribution in [0.5, 0.6) is 0 Å². The average molecular weight is 309 g/mol. The van der Waals surface area contributed by atoms with Crippen molar-refractivity contribution in [2.24, 2.45) is 5.92 Å². The highest BCUT2D eigenvalue weighted by Gasteiger charge is 2.43. The normalized spacial score (nSPS) is 27.8. The maximum atomic E-state index is 6.06. The zero-order valence-corrected chi connectivity index (χ0v) is 14.6. The van der Waals surface area contributed by atoms with Gasteiger partial charge in [0.2, 0.25) is 0 Å². The van der Waals surface area contributed by atoms with Gasteiger partial charge < -0.3 is 10.2 Å². The zero-order chi connectivity index (χ0) is 15.5. The van der Waals surface area contributed by atoms with E-state index in [1.165, 1.54) is 31.2 Å². The zero-order valence-electron chi connectivity index (χ0n) is 13.8. The lowest BCUT2D eigenvalue weighted by Crippen LogP contribution is -2.55. The van der Waals surface area contributed by atoms with Crippen LogP contribution in [0.3, 0.4) is 0 Å². The topological polar surface area (TPSA) is 15.3 Å². The van der Waals surface area contributed by atoms with E-state index < -0.39 is 0 Å². The molecule has 1 aliphatic rings. The largest absolute Gasteiger partial charge is 0.309 e. The molecule has 2 nitrogen and oxygen atoms in total. The summed E-state index contributed by atoms with van der Waals surface area (Å²) in [5.41, 5.74) is 1.56. The van der Waals surface area contributed by atoms with E-state index in [0.29, 0.717) is 6.04 Å². The number of rotatable bonds is 5. The van der Waals surface area contributed by atoms with Gasteiger partial charge in [0.25, 0.3) is 0 Å². The number of hydrogen-bond donors (Lipinski definition) is 1. The van der Waals surface area contributed by atoms with Gasteiger partial charge >= 0.3 is 0 Å². The predicted molar refractivity (Wildman–Crippen MR) is 91.9 cm³/mol. The molecular weight excluding hydrogens is 280 g/mol. The van der Waals surface area contributed by atoms with Crippen molar-refractivity contribution in [3.05, 3.63) is 34.9 Å². The van der Waals surface area contributed by atoms with Crippen LogP contribution in [0, 0.1) is 5.92 Å². The standard InChI is InChI=1S/C18H29ClN2/c1-5-20-17(15-6-8-16(19)9-7-15)18(21(3)4)12-10-14(2)11-13-18/h6-9,14,17,20H,5,10-13H2,1-4H3. The molecule has 1 aliphatic carbocycles. The Labute approximate surface area is 134 Å². The lowest BCUT2D eigenvalue weighted by molar-refractivity contribution is 0.0434. The molecule has 0 spiro atoms. The molecule has 1 atom stereocenters. The van der Waals surface area contributed by atoms with E-state index in [2.05, 4.69) is 50.3 Å². The van der Waals surface area contributed by atoms with E-state index in [1.54, 1.807) is 0 Å². The number of hydrogen-bond acceptors (Lipinski definition) is 2. The molecule has 21 heavy (non-hydrogen) atoms. The van der Waals surface area contributed by atoms with Crippen LogP contribution in [0.2, 0.25) is 5.02 Å². The quantitative estimate of drug-likeness (QED) is 0.861. The summed E-state index contributed by atoms with van der Waals surface area (Å²) in [6, 6.07) is 8.74. The molecule has 118 valence electrons. The molecule has 3 heteroatoms. The van der Waals surface area contributed by atoms with Crippen LogP contribution in [0.1, 0.15) is 51.1 Å². The second-order valence-electron chi connectivity index (χ2n) is 6.72. The van der Waals surface area contributed by atoms with Crippen molar-refractivity contribution in [3.8, 4) is 0 Å². The van der Waals surface area contributed by atoms with Crippen molar-refractivity contribution in [3.63, 3.8) is 0 Å². The van der Waals surface area contributed by atoms with Crippen LogP contribution in [-0.4, -0.2) is 31.1 Å². The Hall–Kier alpha value is -0.570. The number of benzene rings is 1. The van der Waals surface area contributed by atoms with Gasteiger partial charge in [-0.15, -0.1) is 0 Å². The molecule has 1 aromatic carbocycles. The van der Waals surface area contributed by atoms with Gasteiger partial charge in [-0.3, -0.25) is 0 Å².